The van der Waals surface area contributed by atoms with Crippen LogP contribution in [-0.2, 0) is 25.5 Å². The largest absolute Gasteiger partial charge is 0.455 e. The van der Waals surface area contributed by atoms with Crippen molar-refractivity contribution in [1.29, 1.82) is 0 Å². The molecule has 6 nitrogen and oxygen atoms in total. The van der Waals surface area contributed by atoms with E-state index in [1.807, 2.05) is 10.9 Å². The molecule has 0 unspecified atom stereocenters. The first kappa shape index (κ1) is 15.9. The molecule has 0 aliphatic heterocycles. The molecule has 0 aliphatic carbocycles. The molecule has 0 aromatic heterocycles. The SMILES string of the molecule is CC(=O)NNC(=O)COC(=O)Cc1c(F)cccc1Cl. The Morgan fingerprint density at radius 3 is 2.60 bits per heavy atom. The fraction of sp³-hybridized carbons (Fsp3) is 0.250. The first-order valence-electron chi connectivity index (χ1n) is 5.54. The van der Waals surface area contributed by atoms with Crippen LogP contribution in [0.3, 0.4) is 0 Å². The van der Waals surface area contributed by atoms with Crippen molar-refractivity contribution in [2.75, 3.05) is 6.61 Å². The Labute approximate surface area is 119 Å². The van der Waals surface area contributed by atoms with E-state index >= 15 is 0 Å². The van der Waals surface area contributed by atoms with Gasteiger partial charge in [0.15, 0.2) is 6.61 Å². The Balaban J connectivity index is 2.44. The third-order valence-corrected chi connectivity index (χ3v) is 2.48. The minimum Gasteiger partial charge on any atom is -0.455 e. The van der Waals surface area contributed by atoms with Crippen LogP contribution in [0, 0.1) is 5.82 Å². The molecule has 20 heavy (non-hydrogen) atoms. The third kappa shape index (κ3) is 5.23. The Kier molecular flexibility index (Phi) is 5.92. The van der Waals surface area contributed by atoms with Crippen LogP contribution in [0.15, 0.2) is 18.2 Å². The molecule has 2 amide bonds. The van der Waals surface area contributed by atoms with E-state index < -0.39 is 30.2 Å². The van der Waals surface area contributed by atoms with Gasteiger partial charge in [0.1, 0.15) is 5.82 Å². The molecule has 0 bridgehead atoms. The van der Waals surface area contributed by atoms with Gasteiger partial charge < -0.3 is 4.74 Å². The van der Waals surface area contributed by atoms with Crippen molar-refractivity contribution in [3.63, 3.8) is 0 Å². The van der Waals surface area contributed by atoms with E-state index in [1.54, 1.807) is 0 Å². The van der Waals surface area contributed by atoms with Gasteiger partial charge in [-0.3, -0.25) is 25.2 Å². The fourth-order valence-corrected chi connectivity index (χ4v) is 1.47. The van der Waals surface area contributed by atoms with Crippen LogP contribution in [-0.4, -0.2) is 24.4 Å². The Bertz CT molecular complexity index is 516. The van der Waals surface area contributed by atoms with Crippen molar-refractivity contribution < 1.29 is 23.5 Å². The minimum atomic E-state index is -0.810. The van der Waals surface area contributed by atoms with E-state index in [2.05, 4.69) is 4.74 Å². The number of esters is 1. The second-order valence-corrected chi connectivity index (χ2v) is 4.17. The monoisotopic (exact) mass is 302 g/mol. The van der Waals surface area contributed by atoms with Gasteiger partial charge >= 0.3 is 5.97 Å². The molecular formula is C12H12ClFN2O4. The summed E-state index contributed by atoms with van der Waals surface area (Å²) in [5.41, 5.74) is 4.04. The number of halogens is 2. The highest BCUT2D eigenvalue weighted by atomic mass is 35.5. The van der Waals surface area contributed by atoms with Crippen LogP contribution in [0.2, 0.25) is 5.02 Å². The lowest BCUT2D eigenvalue weighted by atomic mass is 10.1. The zero-order valence-corrected chi connectivity index (χ0v) is 11.3. The summed E-state index contributed by atoms with van der Waals surface area (Å²) in [4.78, 5) is 33.1. The zero-order chi connectivity index (χ0) is 15.1. The summed E-state index contributed by atoms with van der Waals surface area (Å²) in [5, 5.41) is 0.102. The summed E-state index contributed by atoms with van der Waals surface area (Å²) in [7, 11) is 0. The lowest BCUT2D eigenvalue weighted by Gasteiger charge is -2.07. The van der Waals surface area contributed by atoms with Gasteiger partial charge in [-0.25, -0.2) is 4.39 Å². The quantitative estimate of drug-likeness (QED) is 0.634. The van der Waals surface area contributed by atoms with Crippen LogP contribution in [0.1, 0.15) is 12.5 Å². The van der Waals surface area contributed by atoms with Gasteiger partial charge in [0, 0.05) is 17.5 Å². The average Bonchev–Trinajstić information content (AvgIpc) is 2.38. The number of hydrogen-bond acceptors (Lipinski definition) is 4. The molecule has 0 aliphatic rings. The van der Waals surface area contributed by atoms with E-state index in [1.165, 1.54) is 19.1 Å². The number of carbonyl (C=O) groups excluding carboxylic acids is 3. The topological polar surface area (TPSA) is 84.5 Å². The molecule has 0 saturated carbocycles. The van der Waals surface area contributed by atoms with Crippen LogP contribution in [0.5, 0.6) is 0 Å². The molecule has 0 saturated heterocycles. The number of rotatable bonds is 4. The van der Waals surface area contributed by atoms with Crippen molar-refractivity contribution in [1.82, 2.24) is 10.9 Å². The lowest BCUT2D eigenvalue weighted by molar-refractivity contribution is -0.148. The van der Waals surface area contributed by atoms with E-state index in [9.17, 15) is 18.8 Å². The standard InChI is InChI=1S/C12H12ClFN2O4/c1-7(17)15-16-11(18)6-20-12(19)5-8-9(13)3-2-4-10(8)14/h2-4H,5-6H2,1H3,(H,15,17)(H,16,18). The summed E-state index contributed by atoms with van der Waals surface area (Å²) < 4.78 is 18.0. The second kappa shape index (κ2) is 7.44. The normalized spacial score (nSPS) is 9.75. The number of benzene rings is 1. The first-order chi connectivity index (χ1) is 9.40. The smallest absolute Gasteiger partial charge is 0.310 e. The maximum atomic E-state index is 13.4. The predicted molar refractivity (Wildman–Crippen MR) is 68.0 cm³/mol. The highest BCUT2D eigenvalue weighted by molar-refractivity contribution is 6.31. The predicted octanol–water partition coefficient (Wildman–Crippen LogP) is 0.732. The summed E-state index contributed by atoms with van der Waals surface area (Å²) in [6.45, 7) is 0.609. The molecule has 1 aromatic rings. The van der Waals surface area contributed by atoms with Crippen molar-refractivity contribution in [3.05, 3.63) is 34.6 Å². The molecule has 108 valence electrons. The van der Waals surface area contributed by atoms with Crippen molar-refractivity contribution in [3.8, 4) is 0 Å². The number of hydrogen-bond donors (Lipinski definition) is 2. The molecular weight excluding hydrogens is 291 g/mol. The van der Waals surface area contributed by atoms with Gasteiger partial charge in [-0.15, -0.1) is 0 Å². The van der Waals surface area contributed by atoms with Crippen molar-refractivity contribution in [2.45, 2.75) is 13.3 Å². The highest BCUT2D eigenvalue weighted by Crippen LogP contribution is 2.19. The van der Waals surface area contributed by atoms with Crippen LogP contribution < -0.4 is 10.9 Å². The van der Waals surface area contributed by atoms with E-state index in [0.717, 1.165) is 6.07 Å². The molecule has 1 aromatic carbocycles. The fourth-order valence-electron chi connectivity index (χ4n) is 1.24. The molecule has 2 N–H and O–H groups in total. The average molecular weight is 303 g/mol. The molecule has 1 rings (SSSR count). The van der Waals surface area contributed by atoms with Crippen molar-refractivity contribution in [2.24, 2.45) is 0 Å². The number of nitrogens with one attached hydrogen (secondary N) is 2. The summed E-state index contributed by atoms with van der Waals surface area (Å²) in [5.74, 6) is -2.62. The van der Waals surface area contributed by atoms with Gasteiger partial charge in [0.05, 0.1) is 6.42 Å². The number of ether oxygens (including phenoxy) is 1. The maximum absolute atomic E-state index is 13.4. The van der Waals surface area contributed by atoms with Crippen molar-refractivity contribution >= 4 is 29.4 Å². The third-order valence-electron chi connectivity index (χ3n) is 2.13. The van der Waals surface area contributed by atoms with Crippen LogP contribution in [0.4, 0.5) is 4.39 Å². The van der Waals surface area contributed by atoms with E-state index in [4.69, 9.17) is 11.6 Å². The highest BCUT2D eigenvalue weighted by Gasteiger charge is 2.14. The van der Waals surface area contributed by atoms with Gasteiger partial charge in [0.2, 0.25) is 5.91 Å². The molecule has 0 radical (unpaired) electrons. The Morgan fingerprint density at radius 2 is 2.00 bits per heavy atom. The molecule has 0 spiro atoms. The molecule has 0 heterocycles. The molecule has 0 fully saturated rings. The zero-order valence-electron chi connectivity index (χ0n) is 10.5. The van der Waals surface area contributed by atoms with Gasteiger partial charge in [-0.1, -0.05) is 17.7 Å². The van der Waals surface area contributed by atoms with Gasteiger partial charge in [-0.05, 0) is 12.1 Å². The second-order valence-electron chi connectivity index (χ2n) is 3.77. The van der Waals surface area contributed by atoms with E-state index in [0.29, 0.717) is 0 Å². The van der Waals surface area contributed by atoms with Crippen LogP contribution in [0.25, 0.3) is 0 Å². The lowest BCUT2D eigenvalue weighted by Crippen LogP contribution is -2.42. The van der Waals surface area contributed by atoms with Gasteiger partial charge in [-0.2, -0.15) is 0 Å². The molecule has 8 heteroatoms. The summed E-state index contributed by atoms with van der Waals surface area (Å²) in [6.07, 6.45) is -0.390. The van der Waals surface area contributed by atoms with Gasteiger partial charge in [0.25, 0.3) is 5.91 Å². The summed E-state index contributed by atoms with van der Waals surface area (Å²) >= 11 is 5.75. The minimum absolute atomic E-state index is 0.00133. The number of amides is 2. The summed E-state index contributed by atoms with van der Waals surface area (Å²) in [6, 6.07) is 4.02. The maximum Gasteiger partial charge on any atom is 0.310 e. The van der Waals surface area contributed by atoms with E-state index in [-0.39, 0.29) is 17.0 Å². The number of carbonyl (C=O) groups is 3. The molecule has 0 atom stereocenters. The van der Waals surface area contributed by atoms with Crippen LogP contribution >= 0.6 is 11.6 Å². The first-order valence-corrected chi connectivity index (χ1v) is 5.92. The Morgan fingerprint density at radius 1 is 1.30 bits per heavy atom. The number of hydrazine groups is 1. The Hall–Kier alpha value is -2.15.